The van der Waals surface area contributed by atoms with Gasteiger partial charge in [-0.05, 0) is 18.9 Å². The van der Waals surface area contributed by atoms with E-state index >= 15 is 0 Å². The number of aliphatic hydroxyl groups excluding tert-OH is 1. The lowest BCUT2D eigenvalue weighted by molar-refractivity contribution is 0.0939. The molecule has 0 radical (unpaired) electrons. The second-order valence-electron chi connectivity index (χ2n) is 3.45. The fraction of sp³-hybridized carbons (Fsp3) is 0.800. The summed E-state index contributed by atoms with van der Waals surface area (Å²) in [5.74, 6) is 0. The van der Waals surface area contributed by atoms with Crippen LogP contribution in [0.4, 0.5) is 0 Å². The fourth-order valence-electron chi connectivity index (χ4n) is 1.41. The molecule has 4 heteroatoms. The van der Waals surface area contributed by atoms with Crippen LogP contribution >= 0.6 is 0 Å². The smallest absolute Gasteiger partial charge is 0.110 e. The summed E-state index contributed by atoms with van der Waals surface area (Å²) >= 11 is 0. The number of hydrogen-bond donors (Lipinski definition) is 2. The first-order chi connectivity index (χ1) is 6.86. The summed E-state index contributed by atoms with van der Waals surface area (Å²) in [7, 11) is 1.63. The molecular weight excluding hydrogens is 182 g/mol. The average molecular weight is 201 g/mol. The zero-order chi connectivity index (χ0) is 10.2. The second kappa shape index (κ2) is 6.81. The van der Waals surface area contributed by atoms with E-state index in [2.05, 4.69) is 5.32 Å². The monoisotopic (exact) mass is 201 g/mol. The Hall–Kier alpha value is -0.580. The number of nitrogens with one attached hydrogen (secondary N) is 1. The third-order valence-corrected chi connectivity index (χ3v) is 2.24. The maximum Gasteiger partial charge on any atom is 0.110 e. The molecule has 0 saturated heterocycles. The predicted molar refractivity (Wildman–Crippen MR) is 54.0 cm³/mol. The fourth-order valence-corrected chi connectivity index (χ4v) is 1.41. The summed E-state index contributed by atoms with van der Waals surface area (Å²) < 4.78 is 10.3. The zero-order valence-electron chi connectivity index (χ0n) is 8.61. The van der Waals surface area contributed by atoms with Crippen LogP contribution in [0.1, 0.15) is 12.8 Å². The Morgan fingerprint density at radius 2 is 2.57 bits per heavy atom. The molecule has 1 aliphatic rings. The van der Waals surface area contributed by atoms with Crippen molar-refractivity contribution in [3.05, 3.63) is 12.3 Å². The Morgan fingerprint density at radius 1 is 1.71 bits per heavy atom. The quantitative estimate of drug-likeness (QED) is 0.648. The van der Waals surface area contributed by atoms with Crippen molar-refractivity contribution in [1.29, 1.82) is 0 Å². The average Bonchev–Trinajstić information content (AvgIpc) is 2.25. The maximum absolute atomic E-state index is 8.99. The van der Waals surface area contributed by atoms with E-state index in [1.807, 2.05) is 6.08 Å². The summed E-state index contributed by atoms with van der Waals surface area (Å²) in [5.41, 5.74) is 0. The first-order valence-electron chi connectivity index (χ1n) is 5.00. The van der Waals surface area contributed by atoms with Gasteiger partial charge in [0.05, 0.1) is 25.5 Å². The van der Waals surface area contributed by atoms with Crippen LogP contribution < -0.4 is 5.32 Å². The van der Waals surface area contributed by atoms with Gasteiger partial charge in [0.2, 0.25) is 0 Å². The van der Waals surface area contributed by atoms with Gasteiger partial charge in [-0.3, -0.25) is 0 Å². The SMILES string of the molecule is COCC(CO)NCC1CCC=CO1. The van der Waals surface area contributed by atoms with Crippen molar-refractivity contribution in [2.75, 3.05) is 26.9 Å². The second-order valence-corrected chi connectivity index (χ2v) is 3.45. The predicted octanol–water partition coefficient (Wildman–Crippen LogP) is 0.276. The molecular formula is C10H19NO3. The molecule has 82 valence electrons. The van der Waals surface area contributed by atoms with Crippen LogP contribution in [0.2, 0.25) is 0 Å². The van der Waals surface area contributed by atoms with Gasteiger partial charge in [0.1, 0.15) is 6.10 Å². The van der Waals surface area contributed by atoms with Crippen molar-refractivity contribution in [2.24, 2.45) is 0 Å². The molecule has 0 aromatic heterocycles. The minimum Gasteiger partial charge on any atom is -0.497 e. The van der Waals surface area contributed by atoms with Gasteiger partial charge in [-0.25, -0.2) is 0 Å². The molecule has 4 nitrogen and oxygen atoms in total. The Balaban J connectivity index is 2.14. The van der Waals surface area contributed by atoms with E-state index in [4.69, 9.17) is 14.6 Å². The standard InChI is InChI=1S/C10H19NO3/c1-13-8-9(7-12)11-6-10-4-2-3-5-14-10/h3,5,9-12H,2,4,6-8H2,1H3. The minimum atomic E-state index is 0.00880. The highest BCUT2D eigenvalue weighted by Crippen LogP contribution is 2.09. The van der Waals surface area contributed by atoms with E-state index in [0.29, 0.717) is 6.61 Å². The van der Waals surface area contributed by atoms with Crippen LogP contribution in [0, 0.1) is 0 Å². The van der Waals surface area contributed by atoms with E-state index in [-0.39, 0.29) is 18.8 Å². The van der Waals surface area contributed by atoms with E-state index in [0.717, 1.165) is 19.4 Å². The molecule has 0 amide bonds. The maximum atomic E-state index is 8.99. The van der Waals surface area contributed by atoms with Crippen molar-refractivity contribution in [3.63, 3.8) is 0 Å². The molecule has 0 aliphatic carbocycles. The molecule has 0 saturated carbocycles. The van der Waals surface area contributed by atoms with Gasteiger partial charge >= 0.3 is 0 Å². The summed E-state index contributed by atoms with van der Waals surface area (Å²) in [6.45, 7) is 1.38. The van der Waals surface area contributed by atoms with E-state index < -0.39 is 0 Å². The molecule has 0 aromatic rings. The molecule has 1 heterocycles. The van der Waals surface area contributed by atoms with Crippen molar-refractivity contribution < 1.29 is 14.6 Å². The van der Waals surface area contributed by atoms with Crippen LogP contribution in [-0.4, -0.2) is 44.1 Å². The van der Waals surface area contributed by atoms with Crippen LogP contribution in [-0.2, 0) is 9.47 Å². The van der Waals surface area contributed by atoms with E-state index in [9.17, 15) is 0 Å². The number of rotatable bonds is 6. The van der Waals surface area contributed by atoms with E-state index in [1.54, 1.807) is 13.4 Å². The zero-order valence-corrected chi connectivity index (χ0v) is 8.61. The lowest BCUT2D eigenvalue weighted by atomic mass is 10.1. The molecule has 0 bridgehead atoms. The molecule has 0 fully saturated rings. The lowest BCUT2D eigenvalue weighted by Crippen LogP contribution is -2.41. The van der Waals surface area contributed by atoms with E-state index in [1.165, 1.54) is 0 Å². The van der Waals surface area contributed by atoms with Gasteiger partial charge in [-0.1, -0.05) is 0 Å². The van der Waals surface area contributed by atoms with Crippen LogP contribution in [0.5, 0.6) is 0 Å². The van der Waals surface area contributed by atoms with Gasteiger partial charge < -0.3 is 19.9 Å². The molecule has 14 heavy (non-hydrogen) atoms. The number of hydrogen-bond acceptors (Lipinski definition) is 4. The molecule has 0 aromatic carbocycles. The number of aliphatic hydroxyl groups is 1. The van der Waals surface area contributed by atoms with Gasteiger partial charge in [-0.15, -0.1) is 0 Å². The van der Waals surface area contributed by atoms with Crippen LogP contribution in [0.3, 0.4) is 0 Å². The van der Waals surface area contributed by atoms with Crippen LogP contribution in [0.25, 0.3) is 0 Å². The Kier molecular flexibility index (Phi) is 5.59. The minimum absolute atomic E-state index is 0.00880. The first kappa shape index (κ1) is 11.5. The van der Waals surface area contributed by atoms with Crippen LogP contribution in [0.15, 0.2) is 12.3 Å². The Morgan fingerprint density at radius 3 is 3.14 bits per heavy atom. The molecule has 2 N–H and O–H groups in total. The number of ether oxygens (including phenoxy) is 2. The Labute approximate surface area is 84.9 Å². The van der Waals surface area contributed by atoms with Crippen molar-refractivity contribution in [3.8, 4) is 0 Å². The molecule has 1 aliphatic heterocycles. The van der Waals surface area contributed by atoms with Crippen molar-refractivity contribution >= 4 is 0 Å². The van der Waals surface area contributed by atoms with Gasteiger partial charge in [-0.2, -0.15) is 0 Å². The topological polar surface area (TPSA) is 50.7 Å². The molecule has 1 rings (SSSR count). The highest BCUT2D eigenvalue weighted by Gasteiger charge is 2.13. The molecule has 0 spiro atoms. The largest absolute Gasteiger partial charge is 0.497 e. The third-order valence-electron chi connectivity index (χ3n) is 2.24. The van der Waals surface area contributed by atoms with Crippen molar-refractivity contribution in [1.82, 2.24) is 5.32 Å². The Bertz CT molecular complexity index is 173. The van der Waals surface area contributed by atoms with Gasteiger partial charge in [0.15, 0.2) is 0 Å². The number of methoxy groups -OCH3 is 1. The number of allylic oxidation sites excluding steroid dienone is 1. The normalized spacial score (nSPS) is 23.1. The summed E-state index contributed by atoms with van der Waals surface area (Å²) in [5, 5.41) is 12.2. The highest BCUT2D eigenvalue weighted by molar-refractivity contribution is 4.83. The lowest BCUT2D eigenvalue weighted by Gasteiger charge is -2.22. The highest BCUT2D eigenvalue weighted by atomic mass is 16.5. The molecule has 2 atom stereocenters. The first-order valence-corrected chi connectivity index (χ1v) is 5.00. The van der Waals surface area contributed by atoms with Gasteiger partial charge in [0, 0.05) is 13.7 Å². The summed E-state index contributed by atoms with van der Waals surface area (Å²) in [4.78, 5) is 0. The third kappa shape index (κ3) is 4.09. The van der Waals surface area contributed by atoms with Crippen molar-refractivity contribution in [2.45, 2.75) is 25.0 Å². The summed E-state index contributed by atoms with van der Waals surface area (Å²) in [6, 6.07) is 0.00880. The summed E-state index contributed by atoms with van der Waals surface area (Å²) in [6.07, 6.45) is 6.11. The molecule has 2 unspecified atom stereocenters. The van der Waals surface area contributed by atoms with Gasteiger partial charge in [0.25, 0.3) is 0 Å².